The van der Waals surface area contributed by atoms with E-state index in [0.29, 0.717) is 23.3 Å². The highest BCUT2D eigenvalue weighted by atomic mass is 16.3. The van der Waals surface area contributed by atoms with Crippen LogP contribution in [-0.2, 0) is 0 Å². The first-order valence-corrected chi connectivity index (χ1v) is 7.82. The van der Waals surface area contributed by atoms with Gasteiger partial charge in [0.05, 0.1) is 0 Å². The normalized spacial score (nSPS) is 16.2. The van der Waals surface area contributed by atoms with Crippen molar-refractivity contribution in [2.24, 2.45) is 5.92 Å². The molecule has 0 heterocycles. The molecule has 0 radical (unpaired) electrons. The maximum atomic E-state index is 9.52. The highest BCUT2D eigenvalue weighted by Crippen LogP contribution is 2.41. The van der Waals surface area contributed by atoms with Gasteiger partial charge in [0.15, 0.2) is 0 Å². The lowest BCUT2D eigenvalue weighted by Crippen LogP contribution is -2.17. The van der Waals surface area contributed by atoms with Crippen molar-refractivity contribution in [3.63, 3.8) is 0 Å². The lowest BCUT2D eigenvalue weighted by molar-refractivity contribution is 0.327. The molecule has 0 amide bonds. The topological polar surface area (TPSA) is 40.5 Å². The Labute approximate surface area is 126 Å². The van der Waals surface area contributed by atoms with Crippen LogP contribution in [0.25, 0.3) is 0 Å². The van der Waals surface area contributed by atoms with Crippen molar-refractivity contribution in [1.82, 2.24) is 0 Å². The van der Waals surface area contributed by atoms with Crippen molar-refractivity contribution in [1.29, 1.82) is 0 Å². The molecule has 3 rings (SSSR count). The number of benzene rings is 2. The number of phenols is 2. The van der Waals surface area contributed by atoms with Crippen LogP contribution >= 0.6 is 0 Å². The molecule has 0 unspecified atom stereocenters. The Balaban J connectivity index is 1.97. The van der Waals surface area contributed by atoms with Gasteiger partial charge in [0.2, 0.25) is 0 Å². The van der Waals surface area contributed by atoms with E-state index in [1.165, 1.54) is 43.2 Å². The van der Waals surface area contributed by atoms with Gasteiger partial charge < -0.3 is 10.2 Å². The van der Waals surface area contributed by atoms with Crippen LogP contribution in [0, 0.1) is 5.92 Å². The van der Waals surface area contributed by atoms with E-state index in [-0.39, 0.29) is 0 Å². The third-order valence-corrected chi connectivity index (χ3v) is 4.63. The smallest absolute Gasteiger partial charge is 0.115 e. The van der Waals surface area contributed by atoms with E-state index >= 15 is 0 Å². The van der Waals surface area contributed by atoms with Gasteiger partial charge in [-0.1, -0.05) is 43.5 Å². The SMILES string of the molecule is Oc1ccc(C(c2ccc(O)cc2)C2CCCCC2)cc1. The molecule has 2 aromatic carbocycles. The van der Waals surface area contributed by atoms with Gasteiger partial charge in [-0.3, -0.25) is 0 Å². The summed E-state index contributed by atoms with van der Waals surface area (Å²) in [6.45, 7) is 0. The molecule has 1 fully saturated rings. The van der Waals surface area contributed by atoms with E-state index < -0.39 is 0 Å². The maximum Gasteiger partial charge on any atom is 0.115 e. The van der Waals surface area contributed by atoms with Gasteiger partial charge in [0.1, 0.15) is 11.5 Å². The van der Waals surface area contributed by atoms with Crippen molar-refractivity contribution < 1.29 is 10.2 Å². The summed E-state index contributed by atoms with van der Waals surface area (Å²) >= 11 is 0. The first-order chi connectivity index (χ1) is 10.2. The number of aromatic hydroxyl groups is 2. The highest BCUT2D eigenvalue weighted by Gasteiger charge is 2.26. The van der Waals surface area contributed by atoms with Crippen LogP contribution in [0.5, 0.6) is 11.5 Å². The Morgan fingerprint density at radius 3 is 1.52 bits per heavy atom. The fourth-order valence-corrected chi connectivity index (χ4v) is 3.57. The molecule has 0 spiro atoms. The summed E-state index contributed by atoms with van der Waals surface area (Å²) in [6.07, 6.45) is 6.46. The van der Waals surface area contributed by atoms with Gasteiger partial charge in [0.25, 0.3) is 0 Å². The van der Waals surface area contributed by atoms with Crippen molar-refractivity contribution in [3.8, 4) is 11.5 Å². The lowest BCUT2D eigenvalue weighted by atomic mass is 9.73. The molecule has 2 N–H and O–H groups in total. The highest BCUT2D eigenvalue weighted by molar-refractivity contribution is 5.38. The first-order valence-electron chi connectivity index (χ1n) is 7.82. The zero-order valence-corrected chi connectivity index (χ0v) is 12.2. The first kappa shape index (κ1) is 14.0. The van der Waals surface area contributed by atoms with E-state index in [2.05, 4.69) is 0 Å². The second kappa shape index (κ2) is 6.21. The third-order valence-electron chi connectivity index (χ3n) is 4.63. The van der Waals surface area contributed by atoms with Crippen molar-refractivity contribution in [3.05, 3.63) is 59.7 Å². The van der Waals surface area contributed by atoms with Crippen molar-refractivity contribution in [2.45, 2.75) is 38.0 Å². The van der Waals surface area contributed by atoms with Gasteiger partial charge in [-0.2, -0.15) is 0 Å². The van der Waals surface area contributed by atoms with Crippen LogP contribution in [-0.4, -0.2) is 10.2 Å². The largest absolute Gasteiger partial charge is 0.508 e. The molecule has 2 heteroatoms. The van der Waals surface area contributed by atoms with Crippen LogP contribution in [0.3, 0.4) is 0 Å². The Bertz CT molecular complexity index is 520. The summed E-state index contributed by atoms with van der Waals surface area (Å²) in [5.74, 6) is 1.62. The fourth-order valence-electron chi connectivity index (χ4n) is 3.57. The van der Waals surface area contributed by atoms with Crippen LogP contribution in [0.2, 0.25) is 0 Å². The molecule has 1 saturated carbocycles. The fraction of sp³-hybridized carbons (Fsp3) is 0.368. The van der Waals surface area contributed by atoms with E-state index in [4.69, 9.17) is 0 Å². The number of rotatable bonds is 3. The summed E-state index contributed by atoms with van der Waals surface area (Å²) < 4.78 is 0. The van der Waals surface area contributed by atoms with E-state index in [9.17, 15) is 10.2 Å². The van der Waals surface area contributed by atoms with E-state index in [0.717, 1.165) is 0 Å². The molecule has 0 atom stereocenters. The predicted molar refractivity (Wildman–Crippen MR) is 84.6 cm³/mol. The molecule has 0 aliphatic heterocycles. The quantitative estimate of drug-likeness (QED) is 0.848. The molecular formula is C19H22O2. The van der Waals surface area contributed by atoms with Crippen LogP contribution in [0.4, 0.5) is 0 Å². The molecule has 1 aliphatic carbocycles. The summed E-state index contributed by atoms with van der Waals surface area (Å²) in [7, 11) is 0. The second-order valence-electron chi connectivity index (χ2n) is 6.06. The molecule has 2 aromatic rings. The molecule has 0 saturated heterocycles. The third kappa shape index (κ3) is 3.21. The van der Waals surface area contributed by atoms with Crippen molar-refractivity contribution in [2.75, 3.05) is 0 Å². The Kier molecular flexibility index (Phi) is 4.14. The monoisotopic (exact) mass is 282 g/mol. The second-order valence-corrected chi connectivity index (χ2v) is 6.06. The van der Waals surface area contributed by atoms with Gasteiger partial charge in [-0.05, 0) is 54.2 Å². The number of phenolic OH excluding ortho intramolecular Hbond substituents is 2. The maximum absolute atomic E-state index is 9.52. The minimum absolute atomic E-state index is 0.312. The standard InChI is InChI=1S/C19H22O2/c20-17-10-6-15(7-11-17)19(14-4-2-1-3-5-14)16-8-12-18(21)13-9-16/h6-14,19-21H,1-5H2. The van der Waals surface area contributed by atoms with E-state index in [1.54, 1.807) is 24.3 Å². The van der Waals surface area contributed by atoms with Crippen LogP contribution in [0.15, 0.2) is 48.5 Å². The van der Waals surface area contributed by atoms with Crippen LogP contribution < -0.4 is 0 Å². The number of hydrogen-bond acceptors (Lipinski definition) is 2. The number of hydrogen-bond donors (Lipinski definition) is 2. The van der Waals surface area contributed by atoms with Gasteiger partial charge >= 0.3 is 0 Å². The van der Waals surface area contributed by atoms with Crippen LogP contribution in [0.1, 0.15) is 49.1 Å². The minimum atomic E-state index is 0.312. The summed E-state index contributed by atoms with van der Waals surface area (Å²) in [6, 6.07) is 15.2. The average Bonchev–Trinajstić information content (AvgIpc) is 2.52. The molecule has 1 aliphatic rings. The Hall–Kier alpha value is -1.96. The summed E-state index contributed by atoms with van der Waals surface area (Å²) in [4.78, 5) is 0. The van der Waals surface area contributed by atoms with Gasteiger partial charge in [-0.25, -0.2) is 0 Å². The van der Waals surface area contributed by atoms with Gasteiger partial charge in [0, 0.05) is 5.92 Å². The predicted octanol–water partition coefficient (Wildman–Crippen LogP) is 4.81. The summed E-state index contributed by atoms with van der Waals surface area (Å²) in [5.41, 5.74) is 2.51. The molecule has 0 bridgehead atoms. The Morgan fingerprint density at radius 1 is 0.667 bits per heavy atom. The van der Waals surface area contributed by atoms with Crippen molar-refractivity contribution >= 4 is 0 Å². The minimum Gasteiger partial charge on any atom is -0.508 e. The molecule has 21 heavy (non-hydrogen) atoms. The zero-order chi connectivity index (χ0) is 14.7. The lowest BCUT2D eigenvalue weighted by Gasteiger charge is -2.31. The Morgan fingerprint density at radius 2 is 1.10 bits per heavy atom. The molecule has 0 aromatic heterocycles. The zero-order valence-electron chi connectivity index (χ0n) is 12.2. The van der Waals surface area contributed by atoms with E-state index in [1.807, 2.05) is 24.3 Å². The molecular weight excluding hydrogens is 260 g/mol. The van der Waals surface area contributed by atoms with Gasteiger partial charge in [-0.15, -0.1) is 0 Å². The molecule has 2 nitrogen and oxygen atoms in total. The summed E-state index contributed by atoms with van der Waals surface area (Å²) in [5, 5.41) is 19.0. The molecule has 110 valence electrons. The average molecular weight is 282 g/mol.